The van der Waals surface area contributed by atoms with Gasteiger partial charge < -0.3 is 9.47 Å². The molecule has 0 unspecified atom stereocenters. The minimum Gasteiger partial charge on any atom is -0.490 e. The van der Waals surface area contributed by atoms with Crippen molar-refractivity contribution < 1.29 is 13.9 Å². The van der Waals surface area contributed by atoms with Crippen LogP contribution < -0.4 is 9.47 Å². The fourth-order valence-corrected chi connectivity index (χ4v) is 3.64. The van der Waals surface area contributed by atoms with Gasteiger partial charge in [-0.25, -0.2) is 4.39 Å². The van der Waals surface area contributed by atoms with Crippen LogP contribution in [0.5, 0.6) is 11.5 Å². The Labute approximate surface area is 135 Å². The first kappa shape index (κ1) is 14.7. The molecule has 0 aromatic heterocycles. The maximum Gasteiger partial charge on any atom is 0.162 e. The lowest BCUT2D eigenvalue weighted by atomic mass is 10.2. The summed E-state index contributed by atoms with van der Waals surface area (Å²) in [4.78, 5) is 1.11. The molecule has 0 bridgehead atoms. The Kier molecular flexibility index (Phi) is 4.70. The van der Waals surface area contributed by atoms with Crippen molar-refractivity contribution in [2.24, 2.45) is 0 Å². The van der Waals surface area contributed by atoms with E-state index >= 15 is 0 Å². The molecule has 0 saturated carbocycles. The molecule has 0 aliphatic carbocycles. The van der Waals surface area contributed by atoms with Gasteiger partial charge in [0, 0.05) is 21.5 Å². The van der Waals surface area contributed by atoms with Gasteiger partial charge in [-0.2, -0.15) is 0 Å². The van der Waals surface area contributed by atoms with Gasteiger partial charge in [-0.3, -0.25) is 0 Å². The zero-order chi connectivity index (χ0) is 14.7. The fraction of sp³-hybridized carbons (Fsp3) is 0.250. The molecule has 2 aromatic carbocycles. The molecule has 0 saturated heterocycles. The molecule has 1 heterocycles. The Bertz CT molecular complexity index is 648. The zero-order valence-corrected chi connectivity index (χ0v) is 13.7. The van der Waals surface area contributed by atoms with Crippen LogP contribution in [0.3, 0.4) is 0 Å². The second kappa shape index (κ2) is 6.71. The third-order valence-electron chi connectivity index (χ3n) is 3.13. The average molecular weight is 369 g/mol. The van der Waals surface area contributed by atoms with Crippen molar-refractivity contribution in [3.63, 3.8) is 0 Å². The van der Waals surface area contributed by atoms with Gasteiger partial charge in [0.25, 0.3) is 0 Å². The van der Waals surface area contributed by atoms with Crippen molar-refractivity contribution in [1.29, 1.82) is 0 Å². The highest BCUT2D eigenvalue weighted by molar-refractivity contribution is 9.10. The summed E-state index contributed by atoms with van der Waals surface area (Å²) in [5, 5.41) is 0. The van der Waals surface area contributed by atoms with Crippen molar-refractivity contribution in [3.8, 4) is 11.5 Å². The minimum absolute atomic E-state index is 0.230. The highest BCUT2D eigenvalue weighted by Gasteiger charge is 2.11. The molecule has 5 heteroatoms. The van der Waals surface area contributed by atoms with Crippen LogP contribution in [0.2, 0.25) is 0 Å². The molecule has 110 valence electrons. The van der Waals surface area contributed by atoms with Crippen molar-refractivity contribution in [1.82, 2.24) is 0 Å². The van der Waals surface area contributed by atoms with Crippen LogP contribution in [0, 0.1) is 5.82 Å². The molecule has 0 atom stereocenters. The molecule has 1 aliphatic rings. The normalized spacial score (nSPS) is 13.8. The van der Waals surface area contributed by atoms with E-state index in [-0.39, 0.29) is 5.82 Å². The standard InChI is InChI=1S/C16H14BrFO2S/c17-14-8-12(18)3-2-11(14)10-21-13-4-5-15-16(9-13)20-7-1-6-19-15/h2-5,8-9H,1,6-7,10H2. The number of ether oxygens (including phenoxy) is 2. The van der Waals surface area contributed by atoms with Gasteiger partial charge in [0.1, 0.15) is 5.82 Å². The second-order valence-corrected chi connectivity index (χ2v) is 6.59. The largest absolute Gasteiger partial charge is 0.490 e. The smallest absolute Gasteiger partial charge is 0.162 e. The summed E-state index contributed by atoms with van der Waals surface area (Å²) >= 11 is 5.08. The Hall–Kier alpha value is -1.20. The van der Waals surface area contributed by atoms with E-state index in [2.05, 4.69) is 15.9 Å². The van der Waals surface area contributed by atoms with E-state index in [4.69, 9.17) is 9.47 Å². The molecule has 0 N–H and O–H groups in total. The van der Waals surface area contributed by atoms with E-state index in [0.717, 1.165) is 38.6 Å². The van der Waals surface area contributed by atoms with Crippen LogP contribution in [0.1, 0.15) is 12.0 Å². The Balaban J connectivity index is 1.72. The summed E-state index contributed by atoms with van der Waals surface area (Å²) in [6, 6.07) is 10.7. The van der Waals surface area contributed by atoms with Gasteiger partial charge in [-0.1, -0.05) is 22.0 Å². The van der Waals surface area contributed by atoms with Crippen molar-refractivity contribution in [3.05, 3.63) is 52.3 Å². The number of fused-ring (bicyclic) bond motifs is 1. The van der Waals surface area contributed by atoms with E-state index < -0.39 is 0 Å². The van der Waals surface area contributed by atoms with E-state index in [1.807, 2.05) is 18.2 Å². The third-order valence-corrected chi connectivity index (χ3v) is 4.91. The van der Waals surface area contributed by atoms with Crippen LogP contribution in [-0.2, 0) is 5.75 Å². The van der Waals surface area contributed by atoms with E-state index in [9.17, 15) is 4.39 Å². The SMILES string of the molecule is Fc1ccc(CSc2ccc3c(c2)OCCCO3)c(Br)c1. The molecule has 3 rings (SSSR count). The average Bonchev–Trinajstić information content (AvgIpc) is 2.71. The van der Waals surface area contributed by atoms with Gasteiger partial charge in [-0.05, 0) is 35.9 Å². The second-order valence-electron chi connectivity index (χ2n) is 4.68. The molecule has 1 aliphatic heterocycles. The fourth-order valence-electron chi connectivity index (χ4n) is 2.03. The molecule has 21 heavy (non-hydrogen) atoms. The van der Waals surface area contributed by atoms with Crippen LogP contribution >= 0.6 is 27.7 Å². The van der Waals surface area contributed by atoms with Crippen molar-refractivity contribution in [2.45, 2.75) is 17.1 Å². The molecular weight excluding hydrogens is 355 g/mol. The first-order chi connectivity index (χ1) is 10.2. The van der Waals surface area contributed by atoms with Crippen LogP contribution in [0.15, 0.2) is 45.8 Å². The molecule has 0 fully saturated rings. The van der Waals surface area contributed by atoms with Gasteiger partial charge in [0.05, 0.1) is 13.2 Å². The van der Waals surface area contributed by atoms with Crippen LogP contribution in [0.25, 0.3) is 0 Å². The molecule has 0 amide bonds. The number of hydrogen-bond acceptors (Lipinski definition) is 3. The number of thioether (sulfide) groups is 1. The summed E-state index contributed by atoms with van der Waals surface area (Å²) in [7, 11) is 0. The van der Waals surface area contributed by atoms with Gasteiger partial charge in [-0.15, -0.1) is 11.8 Å². The number of hydrogen-bond donors (Lipinski definition) is 0. The summed E-state index contributed by atoms with van der Waals surface area (Å²) in [5.74, 6) is 2.14. The summed E-state index contributed by atoms with van der Waals surface area (Å²) in [6.45, 7) is 1.38. The van der Waals surface area contributed by atoms with Crippen LogP contribution in [0.4, 0.5) is 4.39 Å². The number of rotatable bonds is 3. The maximum absolute atomic E-state index is 13.1. The number of benzene rings is 2. The predicted molar refractivity (Wildman–Crippen MR) is 85.7 cm³/mol. The first-order valence-electron chi connectivity index (χ1n) is 6.69. The molecular formula is C16H14BrFO2S. The first-order valence-corrected chi connectivity index (χ1v) is 8.46. The van der Waals surface area contributed by atoms with E-state index in [0.29, 0.717) is 13.2 Å². The van der Waals surface area contributed by atoms with Gasteiger partial charge in [0.2, 0.25) is 0 Å². The van der Waals surface area contributed by atoms with E-state index in [1.165, 1.54) is 12.1 Å². The monoisotopic (exact) mass is 368 g/mol. The van der Waals surface area contributed by atoms with Gasteiger partial charge in [0.15, 0.2) is 11.5 Å². The maximum atomic E-state index is 13.1. The quantitative estimate of drug-likeness (QED) is 0.706. The Morgan fingerprint density at radius 2 is 1.86 bits per heavy atom. The van der Waals surface area contributed by atoms with Gasteiger partial charge >= 0.3 is 0 Å². The highest BCUT2D eigenvalue weighted by atomic mass is 79.9. The van der Waals surface area contributed by atoms with Crippen molar-refractivity contribution >= 4 is 27.7 Å². The Morgan fingerprint density at radius 1 is 1.05 bits per heavy atom. The molecule has 2 aromatic rings. The molecule has 2 nitrogen and oxygen atoms in total. The molecule has 0 radical (unpaired) electrons. The zero-order valence-electron chi connectivity index (χ0n) is 11.3. The van der Waals surface area contributed by atoms with Crippen LogP contribution in [-0.4, -0.2) is 13.2 Å². The highest BCUT2D eigenvalue weighted by Crippen LogP contribution is 2.35. The summed E-state index contributed by atoms with van der Waals surface area (Å²) in [6.07, 6.45) is 0.902. The lowest BCUT2D eigenvalue weighted by Crippen LogP contribution is -1.97. The molecule has 0 spiro atoms. The lowest BCUT2D eigenvalue weighted by molar-refractivity contribution is 0.297. The van der Waals surface area contributed by atoms with E-state index in [1.54, 1.807) is 17.8 Å². The van der Waals surface area contributed by atoms with Crippen molar-refractivity contribution in [2.75, 3.05) is 13.2 Å². The Morgan fingerprint density at radius 3 is 2.67 bits per heavy atom. The number of halogens is 2. The topological polar surface area (TPSA) is 18.5 Å². The lowest BCUT2D eigenvalue weighted by Gasteiger charge is -2.09. The predicted octanol–water partition coefficient (Wildman–Crippen LogP) is 5.04. The summed E-state index contributed by atoms with van der Waals surface area (Å²) < 4.78 is 25.2. The minimum atomic E-state index is -0.230. The third kappa shape index (κ3) is 3.71. The summed E-state index contributed by atoms with van der Waals surface area (Å²) in [5.41, 5.74) is 1.06.